The van der Waals surface area contributed by atoms with Gasteiger partial charge in [-0.2, -0.15) is 0 Å². The van der Waals surface area contributed by atoms with E-state index in [0.29, 0.717) is 24.3 Å². The first-order chi connectivity index (χ1) is 20.5. The summed E-state index contributed by atoms with van der Waals surface area (Å²) in [6, 6.07) is 4.40. The van der Waals surface area contributed by atoms with Crippen molar-refractivity contribution in [3.8, 4) is 11.6 Å². The number of hydrogen-bond donors (Lipinski definition) is 0. The third-order valence-corrected chi connectivity index (χ3v) is 9.12. The molecule has 0 saturated carbocycles. The Kier molecular flexibility index (Phi) is 10.9. The van der Waals surface area contributed by atoms with Gasteiger partial charge in [-0.15, -0.1) is 10.2 Å². The Morgan fingerprint density at radius 1 is 1.14 bits per heavy atom. The molecule has 2 atom stereocenters. The van der Waals surface area contributed by atoms with Gasteiger partial charge in [0.25, 0.3) is 11.8 Å². The Hall–Kier alpha value is -2.89. The maximum absolute atomic E-state index is 14.3. The number of nitrogens with zero attached hydrogens (tertiary/aromatic N) is 7. The van der Waals surface area contributed by atoms with Crippen LogP contribution in [0.1, 0.15) is 64.7 Å². The highest BCUT2D eigenvalue weighted by molar-refractivity contribution is 5.97. The summed E-state index contributed by atoms with van der Waals surface area (Å²) in [4.78, 5) is 26.7. The lowest BCUT2D eigenvalue weighted by Crippen LogP contribution is -2.62. The fourth-order valence-electron chi connectivity index (χ4n) is 6.56. The average molecular weight is 600 g/mol. The summed E-state index contributed by atoms with van der Waals surface area (Å²) in [7, 11) is 3.96. The second-order valence-corrected chi connectivity index (χ2v) is 12.9. The molecule has 2 aliphatic heterocycles. The molecule has 43 heavy (non-hydrogen) atoms. The molecule has 2 fully saturated rings. The van der Waals surface area contributed by atoms with Gasteiger partial charge in [0, 0.05) is 63.9 Å². The zero-order valence-corrected chi connectivity index (χ0v) is 27.2. The lowest BCUT2D eigenvalue weighted by molar-refractivity contribution is -0.0534. The van der Waals surface area contributed by atoms with Crippen LogP contribution in [0.15, 0.2) is 24.5 Å². The molecule has 238 valence electrons. The van der Waals surface area contributed by atoms with Crippen LogP contribution in [-0.4, -0.2) is 114 Å². The van der Waals surface area contributed by atoms with Gasteiger partial charge in [0.1, 0.15) is 17.9 Å². The molecule has 0 aliphatic carbocycles. The van der Waals surface area contributed by atoms with E-state index in [0.717, 1.165) is 52.1 Å². The summed E-state index contributed by atoms with van der Waals surface area (Å²) in [5.41, 5.74) is 0.326. The summed E-state index contributed by atoms with van der Waals surface area (Å²) < 4.78 is 26.4. The van der Waals surface area contributed by atoms with E-state index >= 15 is 0 Å². The molecule has 10 nitrogen and oxygen atoms in total. The van der Waals surface area contributed by atoms with E-state index in [9.17, 15) is 9.18 Å². The van der Waals surface area contributed by atoms with Gasteiger partial charge in [-0.25, -0.2) is 9.37 Å². The summed E-state index contributed by atoms with van der Waals surface area (Å²) >= 11 is 0. The monoisotopic (exact) mass is 599 g/mol. The number of carbonyl (C=O) groups is 1. The van der Waals surface area contributed by atoms with Crippen molar-refractivity contribution >= 4 is 11.7 Å². The maximum Gasteiger partial charge on any atom is 0.282 e. The zero-order valence-electron chi connectivity index (χ0n) is 27.2. The first-order valence-electron chi connectivity index (χ1n) is 15.7. The van der Waals surface area contributed by atoms with E-state index < -0.39 is 5.82 Å². The predicted octanol–water partition coefficient (Wildman–Crippen LogP) is 4.57. The van der Waals surface area contributed by atoms with E-state index in [1.54, 1.807) is 4.90 Å². The number of rotatable bonds is 14. The highest BCUT2D eigenvalue weighted by Gasteiger charge is 2.50. The molecule has 2 unspecified atom stereocenters. The average Bonchev–Trinajstić information content (AvgIpc) is 3.41. The largest absolute Gasteiger partial charge is 0.434 e. The number of hydrogen-bond acceptors (Lipinski definition) is 9. The molecule has 1 spiro atoms. The van der Waals surface area contributed by atoms with Crippen LogP contribution in [-0.2, 0) is 4.74 Å². The second-order valence-electron chi connectivity index (χ2n) is 12.9. The maximum atomic E-state index is 14.3. The number of methoxy groups -OCH3 is 1. The first kappa shape index (κ1) is 33.0. The molecule has 0 N–H and O–H groups in total. The highest BCUT2D eigenvalue weighted by atomic mass is 19.1. The van der Waals surface area contributed by atoms with Crippen molar-refractivity contribution in [2.45, 2.75) is 72.6 Å². The normalized spacial score (nSPS) is 18.0. The van der Waals surface area contributed by atoms with Crippen molar-refractivity contribution in [3.63, 3.8) is 0 Å². The number of ether oxygens (including phenoxy) is 2. The quantitative estimate of drug-likeness (QED) is 0.310. The summed E-state index contributed by atoms with van der Waals surface area (Å²) in [6.45, 7) is 18.7. The Morgan fingerprint density at radius 2 is 1.88 bits per heavy atom. The number of carbonyl (C=O) groups excluding carboxylic acids is 1. The van der Waals surface area contributed by atoms with Gasteiger partial charge in [-0.05, 0) is 71.3 Å². The van der Waals surface area contributed by atoms with Gasteiger partial charge < -0.3 is 24.2 Å². The van der Waals surface area contributed by atoms with Gasteiger partial charge >= 0.3 is 0 Å². The van der Waals surface area contributed by atoms with Crippen LogP contribution >= 0.6 is 0 Å². The third-order valence-electron chi connectivity index (χ3n) is 9.12. The molecule has 1 aromatic carbocycles. The molecule has 11 heteroatoms. The van der Waals surface area contributed by atoms with Crippen molar-refractivity contribution < 1.29 is 18.7 Å². The number of likely N-dealkylation sites (N-methyl/N-ethyl adjacent to an activating group) is 1. The SMILES string of the molecule is CCN(C)CC(CC(C(C)C)N1CC2(CCN(c3ncnnc3Oc3ccc(F)cc3C(=O)N(CC)C(C)C)C2)C1)OC. The van der Waals surface area contributed by atoms with Crippen LogP contribution in [0.3, 0.4) is 0 Å². The van der Waals surface area contributed by atoms with Crippen LogP contribution in [0.5, 0.6) is 11.6 Å². The van der Waals surface area contributed by atoms with E-state index in [1.807, 2.05) is 27.9 Å². The van der Waals surface area contributed by atoms with Gasteiger partial charge in [-0.3, -0.25) is 9.69 Å². The molecule has 3 heterocycles. The second kappa shape index (κ2) is 14.3. The van der Waals surface area contributed by atoms with Crippen LogP contribution in [0, 0.1) is 17.2 Å². The smallest absolute Gasteiger partial charge is 0.282 e. The van der Waals surface area contributed by atoms with Gasteiger partial charge in [0.2, 0.25) is 0 Å². The van der Waals surface area contributed by atoms with E-state index in [2.05, 4.69) is 57.7 Å². The number of likely N-dealkylation sites (tertiary alicyclic amines) is 1. The van der Waals surface area contributed by atoms with Gasteiger partial charge in [0.05, 0.1) is 11.7 Å². The fourth-order valence-corrected chi connectivity index (χ4v) is 6.56. The number of benzene rings is 1. The molecule has 2 saturated heterocycles. The predicted molar refractivity (Wildman–Crippen MR) is 166 cm³/mol. The van der Waals surface area contributed by atoms with Gasteiger partial charge in [-0.1, -0.05) is 20.8 Å². The molecule has 2 aromatic rings. The highest BCUT2D eigenvalue weighted by Crippen LogP contribution is 2.44. The molecule has 2 aliphatic rings. The zero-order chi connectivity index (χ0) is 31.3. The minimum absolute atomic E-state index is 0.0430. The minimum atomic E-state index is -0.502. The number of anilines is 1. The molecule has 1 aromatic heterocycles. The van der Waals surface area contributed by atoms with Crippen molar-refractivity contribution in [1.82, 2.24) is 29.9 Å². The molecule has 0 radical (unpaired) electrons. The first-order valence-corrected chi connectivity index (χ1v) is 15.7. The Bertz CT molecular complexity index is 1220. The molecule has 4 rings (SSSR count). The topological polar surface area (TPSA) is 87.2 Å². The summed E-state index contributed by atoms with van der Waals surface area (Å²) in [6.07, 6.45) is 3.68. The Balaban J connectivity index is 1.47. The van der Waals surface area contributed by atoms with Crippen molar-refractivity contribution in [3.05, 3.63) is 35.9 Å². The molecular formula is C32H50FN7O3. The van der Waals surface area contributed by atoms with Crippen molar-refractivity contribution in [2.75, 3.05) is 64.9 Å². The van der Waals surface area contributed by atoms with Crippen LogP contribution in [0.25, 0.3) is 0 Å². The van der Waals surface area contributed by atoms with Crippen LogP contribution < -0.4 is 9.64 Å². The standard InChI is InChI=1S/C32H50FN7O3/c1-9-37(7)17-25(42-8)16-27(22(3)4)39-19-32(20-39)13-14-38(18-32)29-30(36-35-21-34-29)43-28-12-11-24(33)15-26(28)31(41)40(10-2)23(5)6/h11-12,15,21-23,25,27H,9-10,13-14,16-20H2,1-8H3. The molecule has 1 amide bonds. The van der Waals surface area contributed by atoms with Gasteiger partial charge in [0.15, 0.2) is 5.82 Å². The van der Waals surface area contributed by atoms with Crippen molar-refractivity contribution in [2.24, 2.45) is 11.3 Å². The van der Waals surface area contributed by atoms with E-state index in [-0.39, 0.29) is 40.7 Å². The molecule has 0 bridgehead atoms. The number of aromatic nitrogens is 3. The lowest BCUT2D eigenvalue weighted by atomic mass is 9.76. The minimum Gasteiger partial charge on any atom is -0.434 e. The summed E-state index contributed by atoms with van der Waals surface area (Å²) in [5.74, 6) is 0.768. The van der Waals surface area contributed by atoms with E-state index in [1.165, 1.54) is 24.5 Å². The third kappa shape index (κ3) is 7.61. The van der Waals surface area contributed by atoms with Crippen molar-refractivity contribution in [1.29, 1.82) is 0 Å². The fraction of sp³-hybridized carbons (Fsp3) is 0.688. The Morgan fingerprint density at radius 3 is 2.51 bits per heavy atom. The number of amides is 1. The lowest BCUT2D eigenvalue weighted by Gasteiger charge is -2.53. The van der Waals surface area contributed by atoms with Crippen LogP contribution in [0.2, 0.25) is 0 Å². The number of halogens is 1. The van der Waals surface area contributed by atoms with Crippen LogP contribution in [0.4, 0.5) is 10.2 Å². The summed E-state index contributed by atoms with van der Waals surface area (Å²) in [5, 5.41) is 8.21. The van der Waals surface area contributed by atoms with E-state index in [4.69, 9.17) is 9.47 Å². The molecular weight excluding hydrogens is 549 g/mol. The Labute approximate surface area is 256 Å².